The lowest BCUT2D eigenvalue weighted by molar-refractivity contribution is -0.136. The minimum atomic E-state index is -0.407. The van der Waals surface area contributed by atoms with Crippen LogP contribution in [0.3, 0.4) is 0 Å². The second kappa shape index (κ2) is 9.93. The van der Waals surface area contributed by atoms with Gasteiger partial charge in [0.2, 0.25) is 5.91 Å². The molecule has 0 spiro atoms. The first kappa shape index (κ1) is 21.4. The van der Waals surface area contributed by atoms with Gasteiger partial charge in [-0.1, -0.05) is 66.9 Å². The Morgan fingerprint density at radius 3 is 2.28 bits per heavy atom. The van der Waals surface area contributed by atoms with Gasteiger partial charge in [0.05, 0.1) is 23.0 Å². The zero-order valence-electron chi connectivity index (χ0n) is 17.1. The topological polar surface area (TPSA) is 49.4 Å². The number of amides is 2. The monoisotopic (exact) mass is 412 g/mol. The molecule has 0 saturated heterocycles. The van der Waals surface area contributed by atoms with Crippen molar-refractivity contribution in [2.24, 2.45) is 0 Å². The minimum Gasteiger partial charge on any atom is -0.345 e. The van der Waals surface area contributed by atoms with Gasteiger partial charge in [-0.2, -0.15) is 0 Å². The second-order valence-corrected chi connectivity index (χ2v) is 8.36. The van der Waals surface area contributed by atoms with Gasteiger partial charge in [0.15, 0.2) is 0 Å². The predicted octanol–water partition coefficient (Wildman–Crippen LogP) is 5.38. The zero-order chi connectivity index (χ0) is 20.8. The van der Waals surface area contributed by atoms with Gasteiger partial charge in [0, 0.05) is 12.1 Å². The standard InChI is InChI=1S/C24H29ClN2O2/c1-17(2)27(19-12-6-7-13-19)23(28)16-22(18-10-4-3-5-11-18)26-24(29)20-14-8-9-15-21(20)25/h3-5,8-11,14-15,17,19,22H,6-7,12-13,16H2,1-2H3,(H,26,29). The summed E-state index contributed by atoms with van der Waals surface area (Å²) in [7, 11) is 0. The van der Waals surface area contributed by atoms with E-state index in [-0.39, 0.29) is 24.3 Å². The van der Waals surface area contributed by atoms with Crippen molar-refractivity contribution in [1.29, 1.82) is 0 Å². The minimum absolute atomic E-state index is 0.0835. The summed E-state index contributed by atoms with van der Waals surface area (Å²) in [6.45, 7) is 4.13. The number of halogens is 1. The third kappa shape index (κ3) is 5.39. The Morgan fingerprint density at radius 1 is 1.03 bits per heavy atom. The maximum Gasteiger partial charge on any atom is 0.253 e. The Kier molecular flexibility index (Phi) is 7.32. The Hall–Kier alpha value is -2.33. The van der Waals surface area contributed by atoms with Crippen LogP contribution in [0.15, 0.2) is 54.6 Å². The number of rotatable bonds is 7. The predicted molar refractivity (Wildman–Crippen MR) is 117 cm³/mol. The Bertz CT molecular complexity index is 832. The molecule has 0 aliphatic heterocycles. The Morgan fingerprint density at radius 2 is 1.66 bits per heavy atom. The summed E-state index contributed by atoms with van der Waals surface area (Å²) in [6, 6.07) is 16.7. The fourth-order valence-corrected chi connectivity index (χ4v) is 4.42. The van der Waals surface area contributed by atoms with E-state index in [0.29, 0.717) is 16.6 Å². The second-order valence-electron chi connectivity index (χ2n) is 7.95. The lowest BCUT2D eigenvalue weighted by Gasteiger charge is -2.34. The summed E-state index contributed by atoms with van der Waals surface area (Å²) < 4.78 is 0. The molecule has 1 fully saturated rings. The number of carbonyl (C=O) groups excluding carboxylic acids is 2. The van der Waals surface area contributed by atoms with E-state index >= 15 is 0 Å². The molecular weight excluding hydrogens is 384 g/mol. The van der Waals surface area contributed by atoms with Crippen LogP contribution in [0.2, 0.25) is 5.02 Å². The molecule has 3 rings (SSSR count). The highest BCUT2D eigenvalue weighted by molar-refractivity contribution is 6.33. The van der Waals surface area contributed by atoms with E-state index in [1.165, 1.54) is 12.8 Å². The Labute approximate surface area is 178 Å². The number of hydrogen-bond acceptors (Lipinski definition) is 2. The molecule has 2 aromatic carbocycles. The van der Waals surface area contributed by atoms with Crippen LogP contribution in [0.5, 0.6) is 0 Å². The van der Waals surface area contributed by atoms with E-state index in [0.717, 1.165) is 18.4 Å². The molecule has 1 aliphatic rings. The highest BCUT2D eigenvalue weighted by Crippen LogP contribution is 2.28. The first-order chi connectivity index (χ1) is 14.0. The molecule has 0 bridgehead atoms. The maximum absolute atomic E-state index is 13.3. The van der Waals surface area contributed by atoms with Crippen LogP contribution in [-0.2, 0) is 4.79 Å². The van der Waals surface area contributed by atoms with Gasteiger partial charge in [-0.3, -0.25) is 9.59 Å². The summed E-state index contributed by atoms with van der Waals surface area (Å²) in [6.07, 6.45) is 4.70. The fraction of sp³-hybridized carbons (Fsp3) is 0.417. The number of nitrogens with one attached hydrogen (secondary N) is 1. The molecule has 4 nitrogen and oxygen atoms in total. The van der Waals surface area contributed by atoms with Crippen molar-refractivity contribution in [3.63, 3.8) is 0 Å². The summed E-state index contributed by atoms with van der Waals surface area (Å²) in [4.78, 5) is 28.2. The summed E-state index contributed by atoms with van der Waals surface area (Å²) in [5, 5.41) is 3.44. The lowest BCUT2D eigenvalue weighted by atomic mass is 10.0. The van der Waals surface area contributed by atoms with Gasteiger partial charge in [-0.15, -0.1) is 0 Å². The largest absolute Gasteiger partial charge is 0.345 e. The molecule has 0 heterocycles. The van der Waals surface area contributed by atoms with Crippen molar-refractivity contribution in [3.05, 3.63) is 70.7 Å². The van der Waals surface area contributed by atoms with Gasteiger partial charge in [0.1, 0.15) is 0 Å². The highest BCUT2D eigenvalue weighted by Gasteiger charge is 2.31. The average molecular weight is 413 g/mol. The first-order valence-electron chi connectivity index (χ1n) is 10.4. The zero-order valence-corrected chi connectivity index (χ0v) is 17.9. The molecule has 0 aromatic heterocycles. The van der Waals surface area contributed by atoms with Crippen molar-refractivity contribution in [2.75, 3.05) is 0 Å². The quantitative estimate of drug-likeness (QED) is 0.663. The van der Waals surface area contributed by atoms with Crippen LogP contribution < -0.4 is 5.32 Å². The molecule has 1 aliphatic carbocycles. The molecule has 5 heteroatoms. The molecule has 2 amide bonds. The van der Waals surface area contributed by atoms with Crippen LogP contribution >= 0.6 is 11.6 Å². The lowest BCUT2D eigenvalue weighted by Crippen LogP contribution is -2.45. The van der Waals surface area contributed by atoms with Crippen molar-refractivity contribution in [3.8, 4) is 0 Å². The summed E-state index contributed by atoms with van der Waals surface area (Å²) >= 11 is 6.20. The van der Waals surface area contributed by atoms with Gasteiger partial charge in [0.25, 0.3) is 5.91 Å². The van der Waals surface area contributed by atoms with Crippen LogP contribution in [0.25, 0.3) is 0 Å². The van der Waals surface area contributed by atoms with E-state index in [1.807, 2.05) is 35.2 Å². The van der Waals surface area contributed by atoms with Crippen LogP contribution in [0.1, 0.15) is 67.9 Å². The normalized spacial score (nSPS) is 15.3. The SMILES string of the molecule is CC(C)N(C(=O)CC(NC(=O)c1ccccc1Cl)c1ccccc1)C1CCCC1. The molecule has 0 radical (unpaired) electrons. The molecular formula is C24H29ClN2O2. The van der Waals surface area contributed by atoms with E-state index in [2.05, 4.69) is 19.2 Å². The molecule has 1 N–H and O–H groups in total. The maximum atomic E-state index is 13.3. The van der Waals surface area contributed by atoms with E-state index < -0.39 is 6.04 Å². The molecule has 29 heavy (non-hydrogen) atoms. The van der Waals surface area contributed by atoms with Gasteiger partial charge >= 0.3 is 0 Å². The third-order valence-corrected chi connectivity index (χ3v) is 5.90. The Balaban J connectivity index is 1.81. The van der Waals surface area contributed by atoms with Crippen molar-refractivity contribution in [2.45, 2.75) is 64.1 Å². The van der Waals surface area contributed by atoms with E-state index in [1.54, 1.807) is 24.3 Å². The van der Waals surface area contributed by atoms with E-state index in [9.17, 15) is 9.59 Å². The first-order valence-corrected chi connectivity index (χ1v) is 10.8. The van der Waals surface area contributed by atoms with Crippen LogP contribution in [0.4, 0.5) is 0 Å². The number of carbonyl (C=O) groups is 2. The van der Waals surface area contributed by atoms with Gasteiger partial charge < -0.3 is 10.2 Å². The number of benzene rings is 2. The summed E-state index contributed by atoms with van der Waals surface area (Å²) in [5.41, 5.74) is 1.33. The van der Waals surface area contributed by atoms with Gasteiger partial charge in [-0.05, 0) is 44.4 Å². The number of nitrogens with zero attached hydrogens (tertiary/aromatic N) is 1. The molecule has 1 atom stereocenters. The van der Waals surface area contributed by atoms with Crippen molar-refractivity contribution < 1.29 is 9.59 Å². The number of hydrogen-bond donors (Lipinski definition) is 1. The van der Waals surface area contributed by atoms with Crippen LogP contribution in [-0.4, -0.2) is 28.8 Å². The molecule has 154 valence electrons. The average Bonchev–Trinajstić information content (AvgIpc) is 3.22. The molecule has 1 saturated carbocycles. The third-order valence-electron chi connectivity index (χ3n) is 5.57. The fourth-order valence-electron chi connectivity index (χ4n) is 4.19. The van der Waals surface area contributed by atoms with E-state index in [4.69, 9.17) is 11.6 Å². The molecule has 1 unspecified atom stereocenters. The highest BCUT2D eigenvalue weighted by atomic mass is 35.5. The van der Waals surface area contributed by atoms with Crippen molar-refractivity contribution in [1.82, 2.24) is 10.2 Å². The van der Waals surface area contributed by atoms with Gasteiger partial charge in [-0.25, -0.2) is 0 Å². The smallest absolute Gasteiger partial charge is 0.253 e. The van der Waals surface area contributed by atoms with Crippen LogP contribution in [0, 0.1) is 0 Å². The molecule has 2 aromatic rings. The summed E-state index contributed by atoms with van der Waals surface area (Å²) in [5.74, 6) is -0.186. The van der Waals surface area contributed by atoms with Crippen molar-refractivity contribution >= 4 is 23.4 Å².